The topological polar surface area (TPSA) is 43.6 Å². The molecule has 0 saturated carbocycles. The molecule has 2 heterocycles. The number of benzene rings is 6. The van der Waals surface area contributed by atoms with Crippen molar-refractivity contribution in [2.45, 2.75) is 51.4 Å². The Morgan fingerprint density at radius 3 is 1.57 bits per heavy atom. The summed E-state index contributed by atoms with van der Waals surface area (Å²) in [4.78, 5) is 15.2. The molecule has 0 N–H and O–H groups in total. The predicted molar refractivity (Wildman–Crippen MR) is 211 cm³/mol. The Morgan fingerprint density at radius 2 is 0.902 bits per heavy atom. The third-order valence-electron chi connectivity index (χ3n) is 10.9. The van der Waals surface area contributed by atoms with Crippen LogP contribution in [0.25, 0.3) is 72.8 Å². The van der Waals surface area contributed by atoms with Gasteiger partial charge in [0.25, 0.3) is 0 Å². The van der Waals surface area contributed by atoms with Crippen LogP contribution in [0.5, 0.6) is 0 Å². The number of nitrogens with zero attached hydrogens (tertiary/aromatic N) is 4. The summed E-state index contributed by atoms with van der Waals surface area (Å²) < 4.78 is 2.43. The van der Waals surface area contributed by atoms with Gasteiger partial charge < -0.3 is 4.57 Å². The average Bonchev–Trinajstić information content (AvgIpc) is 3.50. The first kappa shape index (κ1) is 31.1. The van der Waals surface area contributed by atoms with Gasteiger partial charge in [-0.1, -0.05) is 143 Å². The largest absolute Gasteiger partial charge is 0.309 e. The summed E-state index contributed by atoms with van der Waals surface area (Å²) in [6.07, 6.45) is 2.36. The average molecular weight is 661 g/mol. The fourth-order valence-corrected chi connectivity index (χ4v) is 7.88. The van der Waals surface area contributed by atoms with Gasteiger partial charge in [0, 0.05) is 33.2 Å². The van der Waals surface area contributed by atoms with Crippen molar-refractivity contribution in [1.82, 2.24) is 19.5 Å². The highest BCUT2D eigenvalue weighted by Gasteiger charge is 2.37. The molecule has 6 aromatic carbocycles. The summed E-state index contributed by atoms with van der Waals surface area (Å²) in [5, 5.41) is 2.57. The lowest BCUT2D eigenvalue weighted by Gasteiger charge is -2.42. The zero-order valence-electron chi connectivity index (χ0n) is 29.6. The molecule has 0 spiro atoms. The minimum atomic E-state index is 0.108. The highest BCUT2D eigenvalue weighted by Crippen LogP contribution is 2.48. The number of hydrogen-bond donors (Lipinski definition) is 0. The van der Waals surface area contributed by atoms with E-state index < -0.39 is 0 Å². The molecule has 4 nitrogen and oxygen atoms in total. The van der Waals surface area contributed by atoms with Crippen LogP contribution in [0.4, 0.5) is 0 Å². The number of para-hydroxylation sites is 1. The van der Waals surface area contributed by atoms with E-state index in [1.165, 1.54) is 51.3 Å². The van der Waals surface area contributed by atoms with Crippen LogP contribution in [0.3, 0.4) is 0 Å². The van der Waals surface area contributed by atoms with Crippen LogP contribution >= 0.6 is 0 Å². The minimum absolute atomic E-state index is 0.108. The maximum absolute atomic E-state index is 5.11. The number of rotatable bonds is 5. The quantitative estimate of drug-likeness (QED) is 0.184. The van der Waals surface area contributed by atoms with Crippen molar-refractivity contribution in [2.75, 3.05) is 0 Å². The Kier molecular flexibility index (Phi) is 7.25. The summed E-state index contributed by atoms with van der Waals surface area (Å²) in [5.41, 5.74) is 11.9. The van der Waals surface area contributed by atoms with Gasteiger partial charge in [0.15, 0.2) is 17.5 Å². The van der Waals surface area contributed by atoms with Crippen LogP contribution in [0.1, 0.15) is 51.7 Å². The van der Waals surface area contributed by atoms with Gasteiger partial charge in [-0.25, -0.2) is 15.0 Å². The van der Waals surface area contributed by atoms with Crippen LogP contribution in [0.2, 0.25) is 0 Å². The van der Waals surface area contributed by atoms with Crippen molar-refractivity contribution >= 4 is 21.8 Å². The van der Waals surface area contributed by atoms with E-state index >= 15 is 0 Å². The molecule has 0 fully saturated rings. The molecule has 0 amide bonds. The van der Waals surface area contributed by atoms with Crippen molar-refractivity contribution in [3.63, 3.8) is 0 Å². The molecule has 0 saturated heterocycles. The lowest BCUT2D eigenvalue weighted by Crippen LogP contribution is -2.33. The van der Waals surface area contributed by atoms with Crippen molar-refractivity contribution in [3.8, 4) is 51.0 Å². The molecular weight excluding hydrogens is 621 g/mol. The zero-order chi connectivity index (χ0) is 34.7. The number of fused-ring (bicyclic) bond motifs is 4. The molecule has 9 rings (SSSR count). The lowest BCUT2D eigenvalue weighted by atomic mass is 9.63. The van der Waals surface area contributed by atoms with Crippen molar-refractivity contribution < 1.29 is 0 Å². The molecule has 1 aliphatic rings. The minimum Gasteiger partial charge on any atom is -0.309 e. The molecular formula is C47H40N4. The van der Waals surface area contributed by atoms with Gasteiger partial charge in [0.05, 0.1) is 11.0 Å². The van der Waals surface area contributed by atoms with Gasteiger partial charge in [-0.15, -0.1) is 0 Å². The molecule has 2 aromatic heterocycles. The highest BCUT2D eigenvalue weighted by molar-refractivity contribution is 6.10. The van der Waals surface area contributed by atoms with E-state index in [4.69, 9.17) is 15.0 Å². The summed E-state index contributed by atoms with van der Waals surface area (Å²) in [5.74, 6) is 1.95. The summed E-state index contributed by atoms with van der Waals surface area (Å²) in [6, 6.07) is 51.5. The predicted octanol–water partition coefficient (Wildman–Crippen LogP) is 12.0. The molecule has 8 aromatic rings. The molecule has 1 aliphatic carbocycles. The molecule has 0 atom stereocenters. The van der Waals surface area contributed by atoms with Crippen molar-refractivity contribution in [3.05, 3.63) is 157 Å². The third kappa shape index (κ3) is 5.43. The Bertz CT molecular complexity index is 2560. The van der Waals surface area contributed by atoms with Crippen molar-refractivity contribution in [1.29, 1.82) is 0 Å². The van der Waals surface area contributed by atoms with Crippen LogP contribution in [0, 0.1) is 0 Å². The standard InChI is InChI=1S/C47H40N4/c1-46(2)26-27-47(3,4)40-30-42-38(29-39(40)46)37-20-11-12-21-41(37)51(42)36-19-13-18-35(28-36)45-49-43(33-16-9-6-10-17-33)48-44(50-45)34-24-22-32(23-25-34)31-14-7-5-8-15-31/h5-25,28-30H,26-27H2,1-4H3. The normalized spacial score (nSPS) is 14.8. The van der Waals surface area contributed by atoms with Gasteiger partial charge in [0.1, 0.15) is 0 Å². The monoisotopic (exact) mass is 660 g/mol. The number of aromatic nitrogens is 4. The molecule has 248 valence electrons. The number of hydrogen-bond acceptors (Lipinski definition) is 3. The molecule has 4 heteroatoms. The van der Waals surface area contributed by atoms with Gasteiger partial charge in [-0.05, 0) is 76.3 Å². The second kappa shape index (κ2) is 11.9. The fraction of sp³-hybridized carbons (Fsp3) is 0.170. The second-order valence-corrected chi connectivity index (χ2v) is 15.2. The van der Waals surface area contributed by atoms with E-state index in [2.05, 4.69) is 154 Å². The van der Waals surface area contributed by atoms with E-state index in [0.717, 1.165) is 27.9 Å². The highest BCUT2D eigenvalue weighted by atomic mass is 15.0. The van der Waals surface area contributed by atoms with E-state index in [-0.39, 0.29) is 10.8 Å². The van der Waals surface area contributed by atoms with Gasteiger partial charge in [-0.3, -0.25) is 0 Å². The Morgan fingerprint density at radius 1 is 0.412 bits per heavy atom. The maximum Gasteiger partial charge on any atom is 0.164 e. The summed E-state index contributed by atoms with van der Waals surface area (Å²) in [7, 11) is 0. The smallest absolute Gasteiger partial charge is 0.164 e. The van der Waals surface area contributed by atoms with Gasteiger partial charge in [-0.2, -0.15) is 0 Å². The zero-order valence-corrected chi connectivity index (χ0v) is 29.6. The molecule has 51 heavy (non-hydrogen) atoms. The molecule has 0 bridgehead atoms. The van der Waals surface area contributed by atoms with Crippen LogP contribution in [-0.4, -0.2) is 19.5 Å². The lowest BCUT2D eigenvalue weighted by molar-refractivity contribution is 0.332. The van der Waals surface area contributed by atoms with Crippen LogP contribution in [0.15, 0.2) is 146 Å². The van der Waals surface area contributed by atoms with E-state index in [9.17, 15) is 0 Å². The Labute approximate surface area is 299 Å². The van der Waals surface area contributed by atoms with Crippen LogP contribution in [-0.2, 0) is 10.8 Å². The van der Waals surface area contributed by atoms with Gasteiger partial charge >= 0.3 is 0 Å². The van der Waals surface area contributed by atoms with E-state index in [1.54, 1.807) is 0 Å². The molecule has 0 aliphatic heterocycles. The maximum atomic E-state index is 5.11. The first-order valence-corrected chi connectivity index (χ1v) is 17.9. The first-order valence-electron chi connectivity index (χ1n) is 17.9. The van der Waals surface area contributed by atoms with Crippen LogP contribution < -0.4 is 0 Å². The van der Waals surface area contributed by atoms with E-state index in [1.807, 2.05) is 24.3 Å². The van der Waals surface area contributed by atoms with Crippen molar-refractivity contribution in [2.24, 2.45) is 0 Å². The molecule has 0 unspecified atom stereocenters. The summed E-state index contributed by atoms with van der Waals surface area (Å²) in [6.45, 7) is 9.61. The summed E-state index contributed by atoms with van der Waals surface area (Å²) >= 11 is 0. The van der Waals surface area contributed by atoms with E-state index in [0.29, 0.717) is 17.5 Å². The first-order chi connectivity index (χ1) is 24.7. The SMILES string of the molecule is CC1(C)CCC(C)(C)c2cc3c(cc21)c1ccccc1n3-c1cccc(-c2nc(-c3ccccc3)nc(-c3ccc(-c4ccccc4)cc3)n2)c1. The third-order valence-corrected chi connectivity index (χ3v) is 10.9. The molecule has 0 radical (unpaired) electrons. The Balaban J connectivity index is 1.21. The second-order valence-electron chi connectivity index (χ2n) is 15.2. The Hall–Kier alpha value is -5.87. The fourth-order valence-electron chi connectivity index (χ4n) is 7.88. The van der Waals surface area contributed by atoms with Gasteiger partial charge in [0.2, 0.25) is 0 Å².